The highest BCUT2D eigenvalue weighted by Crippen LogP contribution is 2.20. The highest BCUT2D eigenvalue weighted by atomic mass is 16.2. The summed E-state index contributed by atoms with van der Waals surface area (Å²) in [5.74, 6) is -0.0678. The minimum atomic E-state index is -0.0733. The van der Waals surface area contributed by atoms with Crippen LogP contribution in [0.3, 0.4) is 0 Å². The van der Waals surface area contributed by atoms with Crippen LogP contribution in [0.15, 0.2) is 24.3 Å². The summed E-state index contributed by atoms with van der Waals surface area (Å²) in [5.41, 5.74) is 1.19. The van der Waals surface area contributed by atoms with E-state index in [1.165, 1.54) is 64.2 Å². The van der Waals surface area contributed by atoms with Crippen LogP contribution < -0.4 is 10.6 Å². The van der Waals surface area contributed by atoms with Crippen LogP contribution in [-0.4, -0.2) is 17.9 Å². The normalized spacial score (nSPS) is 14.5. The van der Waals surface area contributed by atoms with Gasteiger partial charge < -0.3 is 10.6 Å². The van der Waals surface area contributed by atoms with Crippen LogP contribution in [0.25, 0.3) is 0 Å². The van der Waals surface area contributed by atoms with Crippen LogP contribution in [0, 0.1) is 0 Å². The molecule has 0 saturated heterocycles. The smallest absolute Gasteiger partial charge is 0.253 e. The summed E-state index contributed by atoms with van der Waals surface area (Å²) < 4.78 is 0. The Bertz CT molecular complexity index is 609. The van der Waals surface area contributed by atoms with Crippen molar-refractivity contribution in [1.29, 1.82) is 0 Å². The lowest BCUT2D eigenvalue weighted by Gasteiger charge is -2.23. The Morgan fingerprint density at radius 1 is 0.862 bits per heavy atom. The fourth-order valence-corrected chi connectivity index (χ4v) is 4.11. The van der Waals surface area contributed by atoms with Gasteiger partial charge in [0.05, 0.1) is 11.3 Å². The summed E-state index contributed by atoms with van der Waals surface area (Å²) in [6.45, 7) is 2.24. The molecular formula is C25H40N2O2. The van der Waals surface area contributed by atoms with Crippen LogP contribution in [0.4, 0.5) is 5.69 Å². The number of nitrogens with one attached hydrogen (secondary N) is 2. The van der Waals surface area contributed by atoms with Crippen LogP contribution in [0.5, 0.6) is 0 Å². The number of benzene rings is 1. The van der Waals surface area contributed by atoms with Gasteiger partial charge in [0.15, 0.2) is 0 Å². The van der Waals surface area contributed by atoms with Gasteiger partial charge in [-0.05, 0) is 31.4 Å². The SMILES string of the molecule is CCCCCCCCCCCC(=O)Nc1ccccc1C(=O)NC1CCCCC1. The van der Waals surface area contributed by atoms with Crippen molar-refractivity contribution < 1.29 is 9.59 Å². The predicted octanol–water partition coefficient (Wildman–Crippen LogP) is 6.61. The van der Waals surface area contributed by atoms with Crippen molar-refractivity contribution in [2.45, 2.75) is 109 Å². The van der Waals surface area contributed by atoms with E-state index in [2.05, 4.69) is 17.6 Å². The molecule has 0 aliphatic heterocycles. The number of hydrogen-bond acceptors (Lipinski definition) is 2. The Labute approximate surface area is 177 Å². The van der Waals surface area contributed by atoms with Crippen LogP contribution in [0.1, 0.15) is 114 Å². The molecule has 0 atom stereocenters. The summed E-state index contributed by atoms with van der Waals surface area (Å²) >= 11 is 0. The zero-order valence-electron chi connectivity index (χ0n) is 18.3. The third kappa shape index (κ3) is 9.47. The maximum absolute atomic E-state index is 12.7. The minimum Gasteiger partial charge on any atom is -0.349 e. The van der Waals surface area contributed by atoms with Gasteiger partial charge in [0.25, 0.3) is 5.91 Å². The van der Waals surface area contributed by atoms with E-state index in [0.717, 1.165) is 25.7 Å². The predicted molar refractivity (Wildman–Crippen MR) is 121 cm³/mol. The molecule has 0 unspecified atom stereocenters. The highest BCUT2D eigenvalue weighted by molar-refractivity contribution is 6.03. The van der Waals surface area contributed by atoms with Crippen molar-refractivity contribution in [3.8, 4) is 0 Å². The molecule has 4 nitrogen and oxygen atoms in total. The second-order valence-electron chi connectivity index (χ2n) is 8.48. The van der Waals surface area contributed by atoms with Crippen molar-refractivity contribution in [1.82, 2.24) is 5.32 Å². The van der Waals surface area contributed by atoms with Crippen LogP contribution in [0.2, 0.25) is 0 Å². The Balaban J connectivity index is 1.68. The van der Waals surface area contributed by atoms with E-state index in [-0.39, 0.29) is 17.9 Å². The molecule has 29 heavy (non-hydrogen) atoms. The lowest BCUT2D eigenvalue weighted by atomic mass is 9.95. The third-order valence-corrected chi connectivity index (χ3v) is 5.89. The molecule has 0 heterocycles. The van der Waals surface area contributed by atoms with Gasteiger partial charge in [-0.2, -0.15) is 0 Å². The molecule has 162 valence electrons. The maximum Gasteiger partial charge on any atom is 0.253 e. The van der Waals surface area contributed by atoms with E-state index in [1.54, 1.807) is 6.07 Å². The number of rotatable bonds is 13. The standard InChI is InChI=1S/C25H40N2O2/c1-2-3-4-5-6-7-8-9-13-20-24(28)27-23-19-15-14-18-22(23)25(29)26-21-16-11-10-12-17-21/h14-15,18-19,21H,2-13,16-17,20H2,1H3,(H,26,29)(H,27,28). The number of carbonyl (C=O) groups is 2. The van der Waals surface area contributed by atoms with E-state index < -0.39 is 0 Å². The van der Waals surface area contributed by atoms with Crippen molar-refractivity contribution in [3.05, 3.63) is 29.8 Å². The third-order valence-electron chi connectivity index (χ3n) is 5.89. The van der Waals surface area contributed by atoms with E-state index in [4.69, 9.17) is 0 Å². The van der Waals surface area contributed by atoms with Gasteiger partial charge in [-0.1, -0.05) is 89.7 Å². The fourth-order valence-electron chi connectivity index (χ4n) is 4.11. The molecule has 0 aromatic heterocycles. The zero-order valence-corrected chi connectivity index (χ0v) is 18.3. The average Bonchev–Trinajstić information content (AvgIpc) is 2.73. The first-order chi connectivity index (χ1) is 14.2. The average molecular weight is 401 g/mol. The molecule has 1 aliphatic carbocycles. The summed E-state index contributed by atoms with van der Waals surface area (Å²) in [6.07, 6.45) is 17.4. The molecule has 0 bridgehead atoms. The quantitative estimate of drug-likeness (QED) is 0.366. The van der Waals surface area contributed by atoms with Crippen molar-refractivity contribution in [3.63, 3.8) is 0 Å². The first-order valence-electron chi connectivity index (χ1n) is 11.9. The highest BCUT2D eigenvalue weighted by Gasteiger charge is 2.19. The Kier molecular flexibility index (Phi) is 11.5. The summed E-state index contributed by atoms with van der Waals surface area (Å²) in [7, 11) is 0. The summed E-state index contributed by atoms with van der Waals surface area (Å²) in [4.78, 5) is 25.0. The molecule has 1 saturated carbocycles. The van der Waals surface area contributed by atoms with Gasteiger partial charge in [-0.25, -0.2) is 0 Å². The number of para-hydroxylation sites is 1. The zero-order chi connectivity index (χ0) is 20.7. The van der Waals surface area contributed by atoms with E-state index in [0.29, 0.717) is 17.7 Å². The second kappa shape index (κ2) is 14.2. The van der Waals surface area contributed by atoms with Crippen molar-refractivity contribution in [2.24, 2.45) is 0 Å². The lowest BCUT2D eigenvalue weighted by Crippen LogP contribution is -2.36. The fraction of sp³-hybridized carbons (Fsp3) is 0.680. The monoisotopic (exact) mass is 400 g/mol. The first kappa shape index (κ1) is 23.4. The Hall–Kier alpha value is -1.84. The van der Waals surface area contributed by atoms with Gasteiger partial charge in [0.2, 0.25) is 5.91 Å². The first-order valence-corrected chi connectivity index (χ1v) is 11.9. The lowest BCUT2D eigenvalue weighted by molar-refractivity contribution is -0.116. The molecule has 2 N–H and O–H groups in total. The number of amides is 2. The molecule has 2 rings (SSSR count). The topological polar surface area (TPSA) is 58.2 Å². The minimum absolute atomic E-state index is 0.00543. The van der Waals surface area contributed by atoms with Gasteiger partial charge in [-0.3, -0.25) is 9.59 Å². The molecule has 4 heteroatoms. The number of carbonyl (C=O) groups excluding carboxylic acids is 2. The number of unbranched alkanes of at least 4 members (excludes halogenated alkanes) is 8. The van der Waals surface area contributed by atoms with Crippen molar-refractivity contribution >= 4 is 17.5 Å². The van der Waals surface area contributed by atoms with Gasteiger partial charge in [-0.15, -0.1) is 0 Å². The summed E-state index contributed by atoms with van der Waals surface area (Å²) in [6, 6.07) is 7.61. The van der Waals surface area contributed by atoms with Gasteiger partial charge in [0, 0.05) is 12.5 Å². The Morgan fingerprint density at radius 2 is 1.48 bits per heavy atom. The van der Waals surface area contributed by atoms with Crippen LogP contribution in [-0.2, 0) is 4.79 Å². The van der Waals surface area contributed by atoms with E-state index in [1.807, 2.05) is 18.2 Å². The van der Waals surface area contributed by atoms with E-state index in [9.17, 15) is 9.59 Å². The molecular weight excluding hydrogens is 360 g/mol. The second-order valence-corrected chi connectivity index (χ2v) is 8.48. The molecule has 1 aromatic carbocycles. The van der Waals surface area contributed by atoms with Crippen LogP contribution >= 0.6 is 0 Å². The Morgan fingerprint density at radius 3 is 2.17 bits per heavy atom. The molecule has 0 radical (unpaired) electrons. The van der Waals surface area contributed by atoms with Crippen molar-refractivity contribution in [2.75, 3.05) is 5.32 Å². The largest absolute Gasteiger partial charge is 0.349 e. The molecule has 1 fully saturated rings. The maximum atomic E-state index is 12.7. The van der Waals surface area contributed by atoms with E-state index >= 15 is 0 Å². The number of anilines is 1. The molecule has 1 aliphatic rings. The van der Waals surface area contributed by atoms with Gasteiger partial charge >= 0.3 is 0 Å². The molecule has 2 amide bonds. The van der Waals surface area contributed by atoms with Gasteiger partial charge in [0.1, 0.15) is 0 Å². The molecule has 0 spiro atoms. The summed E-state index contributed by atoms with van der Waals surface area (Å²) in [5, 5.41) is 6.10. The molecule has 1 aromatic rings. The number of hydrogen-bond donors (Lipinski definition) is 2.